The highest BCUT2D eigenvalue weighted by Crippen LogP contribution is 2.31. The molecule has 3 unspecified atom stereocenters. The Balaban J connectivity index is 1.57. The fourth-order valence-corrected chi connectivity index (χ4v) is 3.03. The molecule has 0 amide bonds. The van der Waals surface area contributed by atoms with Crippen LogP contribution in [0.3, 0.4) is 0 Å². The molecule has 1 fully saturated rings. The van der Waals surface area contributed by atoms with Gasteiger partial charge in [0, 0.05) is 19.6 Å². The van der Waals surface area contributed by atoms with Crippen LogP contribution in [0.15, 0.2) is 18.2 Å². The van der Waals surface area contributed by atoms with Gasteiger partial charge in [0.15, 0.2) is 0 Å². The summed E-state index contributed by atoms with van der Waals surface area (Å²) in [6, 6.07) is 6.52. The maximum atomic E-state index is 6.04. The zero-order valence-electron chi connectivity index (χ0n) is 12.0. The Hall–Kier alpha value is -1.10. The summed E-state index contributed by atoms with van der Waals surface area (Å²) in [5, 5.41) is 0. The molecule has 20 heavy (non-hydrogen) atoms. The molecule has 0 aliphatic heterocycles. The van der Waals surface area contributed by atoms with Crippen molar-refractivity contribution in [1.29, 1.82) is 0 Å². The van der Waals surface area contributed by atoms with Crippen LogP contribution in [-0.4, -0.2) is 38.6 Å². The number of aryl methyl sites for hydroxylation is 2. The van der Waals surface area contributed by atoms with Crippen molar-refractivity contribution in [1.82, 2.24) is 0 Å². The lowest BCUT2D eigenvalue weighted by atomic mass is 9.86. The minimum absolute atomic E-state index is 0.0154. The molecule has 4 heteroatoms. The summed E-state index contributed by atoms with van der Waals surface area (Å²) in [5.41, 5.74) is 8.89. The van der Waals surface area contributed by atoms with Crippen molar-refractivity contribution in [2.75, 3.05) is 20.3 Å². The van der Waals surface area contributed by atoms with E-state index in [1.54, 1.807) is 7.11 Å². The molecule has 0 aromatic heterocycles. The number of benzene rings is 1. The van der Waals surface area contributed by atoms with Gasteiger partial charge in [0.2, 0.25) is 0 Å². The molecular weight excluding hydrogens is 254 g/mol. The van der Waals surface area contributed by atoms with Crippen molar-refractivity contribution in [2.45, 2.75) is 43.9 Å². The Labute approximate surface area is 120 Å². The van der Waals surface area contributed by atoms with Gasteiger partial charge >= 0.3 is 0 Å². The molecule has 3 rings (SSSR count). The molecule has 0 heterocycles. The monoisotopic (exact) mass is 277 g/mol. The van der Waals surface area contributed by atoms with E-state index < -0.39 is 0 Å². The van der Waals surface area contributed by atoms with Crippen molar-refractivity contribution in [3.63, 3.8) is 0 Å². The van der Waals surface area contributed by atoms with Gasteiger partial charge in [-0.2, -0.15) is 0 Å². The molecule has 0 bridgehead atoms. The predicted octanol–water partition coefficient (Wildman–Crippen LogP) is 1.69. The highest BCUT2D eigenvalue weighted by Gasteiger charge is 2.41. The second-order valence-corrected chi connectivity index (χ2v) is 5.67. The van der Waals surface area contributed by atoms with E-state index in [-0.39, 0.29) is 18.2 Å². The van der Waals surface area contributed by atoms with E-state index in [9.17, 15) is 0 Å². The highest BCUT2D eigenvalue weighted by molar-refractivity contribution is 5.38. The van der Waals surface area contributed by atoms with E-state index >= 15 is 0 Å². The molecule has 0 spiro atoms. The van der Waals surface area contributed by atoms with Crippen molar-refractivity contribution in [2.24, 2.45) is 5.73 Å². The molecule has 2 aliphatic carbocycles. The highest BCUT2D eigenvalue weighted by atomic mass is 16.6. The summed E-state index contributed by atoms with van der Waals surface area (Å²) >= 11 is 0. The summed E-state index contributed by atoms with van der Waals surface area (Å²) < 4.78 is 16.8. The lowest BCUT2D eigenvalue weighted by molar-refractivity contribution is -0.107. The summed E-state index contributed by atoms with van der Waals surface area (Å²) in [6.07, 6.45) is 4.54. The summed E-state index contributed by atoms with van der Waals surface area (Å²) in [7, 11) is 1.67. The number of hydrogen-bond acceptors (Lipinski definition) is 4. The van der Waals surface area contributed by atoms with E-state index in [2.05, 4.69) is 18.2 Å². The zero-order valence-corrected chi connectivity index (χ0v) is 12.0. The molecule has 3 atom stereocenters. The normalized spacial score (nSPS) is 28.0. The Kier molecular flexibility index (Phi) is 4.24. The van der Waals surface area contributed by atoms with Crippen LogP contribution >= 0.6 is 0 Å². The molecule has 1 aromatic rings. The van der Waals surface area contributed by atoms with E-state index in [0.29, 0.717) is 13.2 Å². The molecule has 0 radical (unpaired) electrons. The zero-order chi connectivity index (χ0) is 13.9. The summed E-state index contributed by atoms with van der Waals surface area (Å²) in [6.45, 7) is 1.16. The van der Waals surface area contributed by atoms with E-state index in [1.807, 2.05) is 0 Å². The fraction of sp³-hybridized carbons (Fsp3) is 0.625. The molecule has 4 nitrogen and oxygen atoms in total. The molecule has 1 aromatic carbocycles. The van der Waals surface area contributed by atoms with Gasteiger partial charge in [-0.25, -0.2) is 0 Å². The number of nitrogens with two attached hydrogens (primary N) is 1. The van der Waals surface area contributed by atoms with Gasteiger partial charge in [0.05, 0.1) is 13.2 Å². The van der Waals surface area contributed by atoms with Gasteiger partial charge < -0.3 is 19.9 Å². The van der Waals surface area contributed by atoms with Crippen molar-refractivity contribution in [3.8, 4) is 5.75 Å². The van der Waals surface area contributed by atoms with Gasteiger partial charge in [0.25, 0.3) is 0 Å². The molecule has 110 valence electrons. The minimum atomic E-state index is -0.0154. The third-order valence-corrected chi connectivity index (χ3v) is 4.25. The van der Waals surface area contributed by atoms with Crippen molar-refractivity contribution in [3.05, 3.63) is 29.3 Å². The topological polar surface area (TPSA) is 53.7 Å². The number of rotatable bonds is 6. The second-order valence-electron chi connectivity index (χ2n) is 5.67. The van der Waals surface area contributed by atoms with Crippen LogP contribution in [0, 0.1) is 0 Å². The van der Waals surface area contributed by atoms with Crippen LogP contribution in [-0.2, 0) is 22.3 Å². The van der Waals surface area contributed by atoms with Crippen LogP contribution in [0.2, 0.25) is 0 Å². The quantitative estimate of drug-likeness (QED) is 0.804. The van der Waals surface area contributed by atoms with Gasteiger partial charge in [-0.15, -0.1) is 0 Å². The standard InChI is InChI=1S/C16H23NO3/c1-18-7-8-19-16-14(17)10-15(16)20-13-6-5-11-3-2-4-12(11)9-13/h5-6,9,14-16H,2-4,7-8,10,17H2,1H3. The van der Waals surface area contributed by atoms with Crippen LogP contribution in [0.4, 0.5) is 0 Å². The van der Waals surface area contributed by atoms with Crippen LogP contribution in [0.25, 0.3) is 0 Å². The lowest BCUT2D eigenvalue weighted by Crippen LogP contribution is -2.59. The van der Waals surface area contributed by atoms with E-state index in [1.165, 1.54) is 30.4 Å². The predicted molar refractivity (Wildman–Crippen MR) is 77.1 cm³/mol. The van der Waals surface area contributed by atoms with Gasteiger partial charge in [-0.1, -0.05) is 6.07 Å². The first-order valence-electron chi connectivity index (χ1n) is 7.42. The van der Waals surface area contributed by atoms with Crippen LogP contribution in [0.1, 0.15) is 24.0 Å². The lowest BCUT2D eigenvalue weighted by Gasteiger charge is -2.41. The smallest absolute Gasteiger partial charge is 0.128 e. The van der Waals surface area contributed by atoms with Crippen LogP contribution < -0.4 is 10.5 Å². The average Bonchev–Trinajstić information content (AvgIpc) is 2.90. The molecular formula is C16H23NO3. The summed E-state index contributed by atoms with van der Waals surface area (Å²) in [5.74, 6) is 0.947. The van der Waals surface area contributed by atoms with Crippen LogP contribution in [0.5, 0.6) is 5.75 Å². The first-order chi connectivity index (χ1) is 9.78. The van der Waals surface area contributed by atoms with Gasteiger partial charge in [-0.05, 0) is 42.5 Å². The second kappa shape index (κ2) is 6.12. The molecule has 2 aliphatic rings. The molecule has 1 saturated carbocycles. The van der Waals surface area contributed by atoms with Gasteiger partial charge in [0.1, 0.15) is 18.0 Å². The molecule has 2 N–H and O–H groups in total. The number of ether oxygens (including phenoxy) is 3. The fourth-order valence-electron chi connectivity index (χ4n) is 3.03. The minimum Gasteiger partial charge on any atom is -0.488 e. The van der Waals surface area contributed by atoms with Gasteiger partial charge in [-0.3, -0.25) is 0 Å². The third-order valence-electron chi connectivity index (χ3n) is 4.25. The number of hydrogen-bond donors (Lipinski definition) is 1. The summed E-state index contributed by atoms with van der Waals surface area (Å²) in [4.78, 5) is 0. The Morgan fingerprint density at radius 2 is 2.05 bits per heavy atom. The number of fused-ring (bicyclic) bond motifs is 1. The Bertz CT molecular complexity index is 463. The van der Waals surface area contributed by atoms with Crippen molar-refractivity contribution < 1.29 is 14.2 Å². The first kappa shape index (κ1) is 13.9. The van der Waals surface area contributed by atoms with E-state index in [4.69, 9.17) is 19.9 Å². The SMILES string of the molecule is COCCOC1C(N)CC1Oc1ccc2c(c1)CCC2. The largest absolute Gasteiger partial charge is 0.488 e. The Morgan fingerprint density at radius 1 is 1.20 bits per heavy atom. The van der Waals surface area contributed by atoms with E-state index in [0.717, 1.165) is 12.2 Å². The molecule has 0 saturated heterocycles. The Morgan fingerprint density at radius 3 is 2.85 bits per heavy atom. The first-order valence-corrected chi connectivity index (χ1v) is 7.42. The maximum Gasteiger partial charge on any atom is 0.128 e. The number of methoxy groups -OCH3 is 1. The maximum absolute atomic E-state index is 6.04. The third kappa shape index (κ3) is 2.82. The van der Waals surface area contributed by atoms with Crippen molar-refractivity contribution >= 4 is 0 Å². The average molecular weight is 277 g/mol.